The van der Waals surface area contributed by atoms with Crippen LogP contribution in [-0.4, -0.2) is 122 Å². The number of ketones is 1. The molecule has 2 unspecified atom stereocenters. The molecular weight excluding hydrogens is 875 g/mol. The first-order valence-corrected chi connectivity index (χ1v) is 23.4. The number of rotatable bonds is 10. The van der Waals surface area contributed by atoms with E-state index in [0.717, 1.165) is 13.8 Å². The molecule has 354 valence electrons. The van der Waals surface area contributed by atoms with E-state index in [-0.39, 0.29) is 35.3 Å². The molecule has 2 saturated carbocycles. The van der Waals surface area contributed by atoms with Gasteiger partial charge in [0.2, 0.25) is 0 Å². The molecule has 3 aromatic carbocycles. The van der Waals surface area contributed by atoms with Gasteiger partial charge in [-0.25, -0.2) is 9.59 Å². The lowest BCUT2D eigenvalue weighted by molar-refractivity contribution is -0.346. The maximum absolute atomic E-state index is 15.5. The number of hydrogen-bond acceptors (Lipinski definition) is 15. The summed E-state index contributed by atoms with van der Waals surface area (Å²) in [7, 11) is -0.611. The van der Waals surface area contributed by atoms with E-state index in [2.05, 4.69) is 5.32 Å². The third-order valence-corrected chi connectivity index (χ3v) is 13.5. The Morgan fingerprint density at radius 1 is 0.833 bits per heavy atom. The summed E-state index contributed by atoms with van der Waals surface area (Å²) in [5.74, 6) is -6.84. The van der Waals surface area contributed by atoms with Crippen LogP contribution in [0.1, 0.15) is 86.7 Å². The number of hydrogen-bond donors (Lipinski definition) is 4. The van der Waals surface area contributed by atoms with Crippen molar-refractivity contribution in [2.24, 2.45) is 16.7 Å². The van der Waals surface area contributed by atoms with Crippen molar-refractivity contribution in [2.75, 3.05) is 19.1 Å². The van der Waals surface area contributed by atoms with Crippen LogP contribution in [0.15, 0.2) is 102 Å². The number of benzene rings is 3. The van der Waals surface area contributed by atoms with Gasteiger partial charge in [0.25, 0.3) is 5.91 Å². The normalized spacial score (nSPS) is 30.5. The minimum atomic E-state index is -2.39. The summed E-state index contributed by atoms with van der Waals surface area (Å²) in [6.45, 7) is 7.97. The average Bonchev–Trinajstić information content (AvgIpc) is 3.26. The second-order valence-electron chi connectivity index (χ2n) is 18.1. The average molecular weight is 932 g/mol. The highest BCUT2D eigenvalue weighted by Gasteiger charge is 2.78. The van der Waals surface area contributed by atoms with Gasteiger partial charge < -0.3 is 44.3 Å². The van der Waals surface area contributed by atoms with E-state index >= 15 is 4.79 Å². The molecule has 11 atom stereocenters. The smallest absolute Gasteiger partial charge is 0.338 e. The Kier molecular flexibility index (Phi) is 14.6. The zero-order chi connectivity index (χ0) is 48.5. The standard InChI is InChI=1S/C47H51NO14.C2H6OS/c1-25-31(60-43(56)36(52)35(28-16-10-7-11-17-28)48-41(54)29-18-12-8-13-19-29)23-47(57)40(61-42(55)30-20-14-9-15-21-30)38-45(6,32(51)22-33-46(38,24-58-33)62-27(3)50)39(53)37(59-26(2)49)34(25)44(47,4)5;1-4(2)3/h7-21,31-33,35-38,40,51-52,57H,22-24H2,1-6H3,(H,48,54);1-2H3/t31-,32-,33+,35-,36+,37+,38?,40?,45+,46-,47+;/m0./s1. The summed E-state index contributed by atoms with van der Waals surface area (Å²) in [6.07, 6.45) is -7.23. The Morgan fingerprint density at radius 3 is 1.89 bits per heavy atom. The lowest BCUT2D eigenvalue weighted by Gasteiger charge is -2.67. The van der Waals surface area contributed by atoms with E-state index in [1.807, 2.05) is 0 Å². The van der Waals surface area contributed by atoms with Gasteiger partial charge in [-0.15, -0.1) is 0 Å². The molecule has 66 heavy (non-hydrogen) atoms. The van der Waals surface area contributed by atoms with Crippen molar-refractivity contribution in [1.82, 2.24) is 5.32 Å². The number of carbonyl (C=O) groups excluding carboxylic acids is 6. The lowest BCUT2D eigenvalue weighted by Crippen LogP contribution is -2.82. The Labute approximate surface area is 385 Å². The number of nitrogens with one attached hydrogen (secondary N) is 1. The Morgan fingerprint density at radius 2 is 1.38 bits per heavy atom. The third kappa shape index (κ3) is 9.10. The van der Waals surface area contributed by atoms with Crippen LogP contribution in [0, 0.1) is 16.7 Å². The summed E-state index contributed by atoms with van der Waals surface area (Å²) in [4.78, 5) is 83.5. The van der Waals surface area contributed by atoms with Crippen LogP contribution in [0.25, 0.3) is 0 Å². The second-order valence-corrected chi connectivity index (χ2v) is 19.6. The van der Waals surface area contributed by atoms with Crippen LogP contribution in [0.5, 0.6) is 0 Å². The number of ether oxygens (including phenoxy) is 5. The van der Waals surface area contributed by atoms with Crippen LogP contribution in [0.3, 0.4) is 0 Å². The topological polar surface area (TPSA) is 238 Å². The molecular formula is C49H57NO15S. The maximum Gasteiger partial charge on any atom is 0.338 e. The molecule has 2 bridgehead atoms. The minimum absolute atomic E-state index is 0.00289. The molecule has 0 aromatic heterocycles. The van der Waals surface area contributed by atoms with Gasteiger partial charge >= 0.3 is 23.9 Å². The first-order chi connectivity index (χ1) is 31.0. The van der Waals surface area contributed by atoms with Gasteiger partial charge in [-0.3, -0.25) is 23.4 Å². The molecule has 0 radical (unpaired) electrons. The van der Waals surface area contributed by atoms with Gasteiger partial charge in [0, 0.05) is 61.0 Å². The summed E-state index contributed by atoms with van der Waals surface area (Å²) < 4.78 is 39.8. The van der Waals surface area contributed by atoms with Gasteiger partial charge in [-0.1, -0.05) is 80.6 Å². The van der Waals surface area contributed by atoms with Crippen molar-refractivity contribution in [3.63, 3.8) is 0 Å². The lowest BCUT2D eigenvalue weighted by atomic mass is 9.44. The molecule has 4 aliphatic rings. The number of esters is 4. The molecule has 0 spiro atoms. The van der Waals surface area contributed by atoms with E-state index in [1.165, 1.54) is 26.0 Å². The number of amides is 1. The Balaban J connectivity index is 0.00000173. The highest BCUT2D eigenvalue weighted by atomic mass is 32.2. The van der Waals surface area contributed by atoms with Crippen molar-refractivity contribution in [3.05, 3.63) is 119 Å². The van der Waals surface area contributed by atoms with Crippen LogP contribution in [-0.2, 0) is 53.7 Å². The largest absolute Gasteiger partial charge is 0.456 e. The molecule has 17 heteroatoms. The molecule has 1 saturated heterocycles. The predicted molar refractivity (Wildman–Crippen MR) is 238 cm³/mol. The highest BCUT2D eigenvalue weighted by Crippen LogP contribution is 2.64. The van der Waals surface area contributed by atoms with Crippen LogP contribution in [0.2, 0.25) is 0 Å². The monoisotopic (exact) mass is 931 g/mol. The van der Waals surface area contributed by atoms with Gasteiger partial charge in [0.15, 0.2) is 23.6 Å². The van der Waals surface area contributed by atoms with E-state index < -0.39 is 123 Å². The first-order valence-electron chi connectivity index (χ1n) is 21.5. The SMILES string of the molecule is CC(=O)O[C@H]1C(=O)[C@@]2(C)C(C(OC(=O)c3ccccc3)[C@]3(O)C[C@H](OC(=O)[C@H](O)[C@@H](NC(=O)c4ccccc4)c4ccccc4)C(C)=C1C3(C)C)[C@]1(OC(C)=O)CO[C@@H]1C[C@@H]2O.CS(C)=O. The molecule has 1 aliphatic heterocycles. The molecule has 3 aliphatic carbocycles. The fourth-order valence-corrected chi connectivity index (χ4v) is 10.2. The molecule has 3 fully saturated rings. The minimum Gasteiger partial charge on any atom is -0.456 e. The maximum atomic E-state index is 15.5. The van der Waals surface area contributed by atoms with Crippen molar-refractivity contribution in [2.45, 2.75) is 108 Å². The number of fused-ring (bicyclic) bond motifs is 5. The quantitative estimate of drug-likeness (QED) is 0.129. The van der Waals surface area contributed by atoms with Gasteiger partial charge in [0.05, 0.1) is 35.6 Å². The number of aliphatic hydroxyl groups excluding tert-OH is 2. The molecule has 7 rings (SSSR count). The van der Waals surface area contributed by atoms with Crippen molar-refractivity contribution < 1.29 is 72.0 Å². The Bertz CT molecular complexity index is 2390. The number of carbonyl (C=O) groups is 6. The highest BCUT2D eigenvalue weighted by molar-refractivity contribution is 7.83. The molecule has 4 N–H and O–H groups in total. The van der Waals surface area contributed by atoms with Crippen molar-refractivity contribution in [3.8, 4) is 0 Å². The van der Waals surface area contributed by atoms with Crippen molar-refractivity contribution >= 4 is 46.4 Å². The molecule has 16 nitrogen and oxygen atoms in total. The fraction of sp³-hybridized carbons (Fsp3) is 0.469. The summed E-state index contributed by atoms with van der Waals surface area (Å²) in [6, 6.07) is 22.9. The number of Topliss-reactive ketones (excluding diaryl/α,β-unsaturated/α-hetero) is 1. The predicted octanol–water partition coefficient (Wildman–Crippen LogP) is 3.73. The van der Waals surface area contributed by atoms with E-state index in [0.29, 0.717) is 5.56 Å². The fourth-order valence-electron chi connectivity index (χ4n) is 10.2. The molecule has 1 amide bonds. The zero-order valence-corrected chi connectivity index (χ0v) is 38.9. The second kappa shape index (κ2) is 19.3. The summed E-state index contributed by atoms with van der Waals surface area (Å²) in [5.41, 5.74) is -7.02. The molecule has 1 heterocycles. The van der Waals surface area contributed by atoms with E-state index in [9.17, 15) is 43.5 Å². The van der Waals surface area contributed by atoms with Gasteiger partial charge in [0.1, 0.15) is 23.9 Å². The zero-order valence-electron chi connectivity index (χ0n) is 38.0. The summed E-state index contributed by atoms with van der Waals surface area (Å²) in [5, 5.41) is 40.2. The molecule has 3 aromatic rings. The van der Waals surface area contributed by atoms with Crippen LogP contribution < -0.4 is 5.32 Å². The Hall–Kier alpha value is -5.59. The van der Waals surface area contributed by atoms with Crippen LogP contribution in [0.4, 0.5) is 0 Å². The van der Waals surface area contributed by atoms with Gasteiger partial charge in [-0.05, 0) is 54.8 Å². The van der Waals surface area contributed by atoms with E-state index in [1.54, 1.807) is 105 Å². The van der Waals surface area contributed by atoms with Crippen molar-refractivity contribution in [1.29, 1.82) is 0 Å². The third-order valence-electron chi connectivity index (χ3n) is 13.5. The van der Waals surface area contributed by atoms with Gasteiger partial charge in [-0.2, -0.15) is 0 Å². The van der Waals surface area contributed by atoms with E-state index in [4.69, 9.17) is 23.7 Å². The summed E-state index contributed by atoms with van der Waals surface area (Å²) >= 11 is 0. The first kappa shape index (κ1) is 49.8. The number of aliphatic hydroxyl groups is 3. The van der Waals surface area contributed by atoms with Crippen LogP contribution >= 0.6 is 0 Å².